The molecule has 0 saturated carbocycles. The van der Waals surface area contributed by atoms with Crippen LogP contribution in [0.2, 0.25) is 0 Å². The zero-order valence-electron chi connectivity index (χ0n) is 10.3. The van der Waals surface area contributed by atoms with Crippen LogP contribution in [0.4, 0.5) is 8.78 Å². The highest BCUT2D eigenvalue weighted by molar-refractivity contribution is 5.90. The van der Waals surface area contributed by atoms with Crippen LogP contribution in [0.25, 0.3) is 0 Å². The maximum Gasteiger partial charge on any atom is 0.340 e. The Morgan fingerprint density at radius 1 is 1.44 bits per heavy atom. The van der Waals surface area contributed by atoms with Crippen LogP contribution < -0.4 is 5.32 Å². The van der Waals surface area contributed by atoms with Crippen LogP contribution in [-0.4, -0.2) is 19.6 Å². The Balaban J connectivity index is 2.50. The zero-order chi connectivity index (χ0) is 13.3. The van der Waals surface area contributed by atoms with Gasteiger partial charge in [0.2, 0.25) is 0 Å². The molecule has 1 aliphatic heterocycles. The molecule has 1 aromatic carbocycles. The molecule has 0 bridgehead atoms. The first kappa shape index (κ1) is 13.0. The lowest BCUT2D eigenvalue weighted by Crippen LogP contribution is -2.33. The fourth-order valence-corrected chi connectivity index (χ4v) is 2.31. The quantitative estimate of drug-likeness (QED) is 0.824. The Morgan fingerprint density at radius 2 is 2.17 bits per heavy atom. The number of benzene rings is 1. The smallest absolute Gasteiger partial charge is 0.340 e. The van der Waals surface area contributed by atoms with E-state index in [4.69, 9.17) is 0 Å². The molecule has 0 radical (unpaired) electrons. The molecule has 0 spiro atoms. The highest BCUT2D eigenvalue weighted by atomic mass is 19.2. The van der Waals surface area contributed by atoms with Gasteiger partial charge in [-0.3, -0.25) is 0 Å². The van der Waals surface area contributed by atoms with E-state index in [9.17, 15) is 13.6 Å². The molecule has 1 atom stereocenters. The van der Waals surface area contributed by atoms with Crippen LogP contribution in [0.5, 0.6) is 0 Å². The van der Waals surface area contributed by atoms with Crippen molar-refractivity contribution in [3.8, 4) is 0 Å². The number of nitrogens with one attached hydrogen (secondary N) is 1. The van der Waals surface area contributed by atoms with Crippen molar-refractivity contribution in [2.45, 2.75) is 25.3 Å². The number of ether oxygens (including phenoxy) is 1. The predicted octanol–water partition coefficient (Wildman–Crippen LogP) is 2.35. The molecule has 1 heterocycles. The van der Waals surface area contributed by atoms with Crippen molar-refractivity contribution in [3.05, 3.63) is 34.9 Å². The molecule has 1 N–H and O–H groups in total. The summed E-state index contributed by atoms with van der Waals surface area (Å²) in [5, 5.41) is 3.24. The third-order valence-electron chi connectivity index (χ3n) is 3.44. The molecular formula is C13H15F2NO2. The average molecular weight is 255 g/mol. The van der Waals surface area contributed by atoms with Gasteiger partial charge in [0, 0.05) is 5.54 Å². The summed E-state index contributed by atoms with van der Waals surface area (Å²) >= 11 is 0. The van der Waals surface area contributed by atoms with Gasteiger partial charge in [-0.2, -0.15) is 0 Å². The van der Waals surface area contributed by atoms with Crippen LogP contribution in [0.1, 0.15) is 35.7 Å². The third kappa shape index (κ3) is 2.10. The molecule has 1 fully saturated rings. The summed E-state index contributed by atoms with van der Waals surface area (Å²) in [6.07, 6.45) is 1.78. The van der Waals surface area contributed by atoms with Gasteiger partial charge in [-0.15, -0.1) is 0 Å². The van der Waals surface area contributed by atoms with E-state index >= 15 is 0 Å². The minimum absolute atomic E-state index is 0.359. The molecule has 2 rings (SSSR count). The Morgan fingerprint density at radius 3 is 2.72 bits per heavy atom. The Hall–Kier alpha value is -1.49. The largest absolute Gasteiger partial charge is 0.465 e. The minimum atomic E-state index is -1.16. The second-order valence-electron chi connectivity index (χ2n) is 4.67. The molecule has 1 unspecified atom stereocenters. The molecule has 1 aromatic rings. The highest BCUT2D eigenvalue weighted by Gasteiger charge is 2.32. The van der Waals surface area contributed by atoms with Crippen molar-refractivity contribution in [1.29, 1.82) is 0 Å². The fourth-order valence-electron chi connectivity index (χ4n) is 2.31. The van der Waals surface area contributed by atoms with E-state index in [1.54, 1.807) is 0 Å². The van der Waals surface area contributed by atoms with Crippen LogP contribution >= 0.6 is 0 Å². The molecule has 1 saturated heterocycles. The third-order valence-corrected chi connectivity index (χ3v) is 3.44. The van der Waals surface area contributed by atoms with Crippen LogP contribution in [0, 0.1) is 11.6 Å². The average Bonchev–Trinajstić information content (AvgIpc) is 2.79. The van der Waals surface area contributed by atoms with Crippen molar-refractivity contribution >= 4 is 5.97 Å². The van der Waals surface area contributed by atoms with E-state index in [1.165, 1.54) is 6.07 Å². The molecule has 5 heteroatoms. The lowest BCUT2D eigenvalue weighted by atomic mass is 9.89. The normalized spacial score (nSPS) is 23.1. The van der Waals surface area contributed by atoms with Crippen molar-refractivity contribution in [1.82, 2.24) is 5.32 Å². The molecule has 1 aliphatic rings. The van der Waals surface area contributed by atoms with Crippen molar-refractivity contribution in [2.75, 3.05) is 13.7 Å². The van der Waals surface area contributed by atoms with Gasteiger partial charge in [-0.05, 0) is 44.0 Å². The fraction of sp³-hybridized carbons (Fsp3) is 0.462. The molecule has 0 aromatic heterocycles. The first-order valence-corrected chi connectivity index (χ1v) is 5.81. The summed E-state index contributed by atoms with van der Waals surface area (Å²) in [5.41, 5.74) is -0.209. The van der Waals surface area contributed by atoms with E-state index in [2.05, 4.69) is 10.1 Å². The zero-order valence-corrected chi connectivity index (χ0v) is 10.3. The highest BCUT2D eigenvalue weighted by Crippen LogP contribution is 2.32. The van der Waals surface area contributed by atoms with Gasteiger partial charge in [-0.25, -0.2) is 13.6 Å². The Kier molecular flexibility index (Phi) is 3.34. The van der Waals surface area contributed by atoms with Gasteiger partial charge in [0.15, 0.2) is 11.6 Å². The Bertz CT molecular complexity index is 482. The molecule has 98 valence electrons. The van der Waals surface area contributed by atoms with Crippen molar-refractivity contribution in [2.24, 2.45) is 0 Å². The first-order valence-electron chi connectivity index (χ1n) is 5.81. The van der Waals surface area contributed by atoms with Gasteiger partial charge in [0.1, 0.15) is 0 Å². The summed E-state index contributed by atoms with van der Waals surface area (Å²) < 4.78 is 31.5. The van der Waals surface area contributed by atoms with Crippen molar-refractivity contribution in [3.63, 3.8) is 0 Å². The summed E-state index contributed by atoms with van der Waals surface area (Å²) in [6, 6.07) is 2.50. The summed E-state index contributed by atoms with van der Waals surface area (Å²) in [7, 11) is 1.14. The van der Waals surface area contributed by atoms with E-state index in [0.717, 1.165) is 32.6 Å². The maximum atomic E-state index is 13.5. The second-order valence-corrected chi connectivity index (χ2v) is 4.67. The molecule has 0 aliphatic carbocycles. The monoisotopic (exact) mass is 255 g/mol. The Labute approximate surface area is 104 Å². The van der Waals surface area contributed by atoms with Crippen LogP contribution in [0.15, 0.2) is 12.1 Å². The number of carbonyl (C=O) groups excluding carboxylic acids is 1. The standard InChI is InChI=1S/C13H15F2NO2/c1-13(4-3-5-16-13)8-6-9(12(17)18-2)11(15)10(14)7-8/h6-7,16H,3-5H2,1-2H3. The summed E-state index contributed by atoms with van der Waals surface area (Å²) in [4.78, 5) is 11.4. The summed E-state index contributed by atoms with van der Waals surface area (Å²) in [5.74, 6) is -3.05. The predicted molar refractivity (Wildman–Crippen MR) is 62.3 cm³/mol. The van der Waals surface area contributed by atoms with E-state index in [-0.39, 0.29) is 5.56 Å². The minimum Gasteiger partial charge on any atom is -0.465 e. The van der Waals surface area contributed by atoms with Gasteiger partial charge in [0.25, 0.3) is 0 Å². The number of carbonyl (C=O) groups is 1. The molecular weight excluding hydrogens is 240 g/mol. The number of rotatable bonds is 2. The van der Waals surface area contributed by atoms with Gasteiger partial charge in [-0.1, -0.05) is 0 Å². The van der Waals surface area contributed by atoms with Crippen molar-refractivity contribution < 1.29 is 18.3 Å². The van der Waals surface area contributed by atoms with E-state index in [0.29, 0.717) is 5.56 Å². The SMILES string of the molecule is COC(=O)c1cc(C2(C)CCCN2)cc(F)c1F. The van der Waals surface area contributed by atoms with Crippen LogP contribution in [0.3, 0.4) is 0 Å². The second kappa shape index (κ2) is 4.65. The van der Waals surface area contributed by atoms with Gasteiger partial charge < -0.3 is 10.1 Å². The number of halogens is 2. The lowest BCUT2D eigenvalue weighted by molar-refractivity contribution is 0.0594. The number of hydrogen-bond donors (Lipinski definition) is 1. The van der Waals surface area contributed by atoms with Crippen LogP contribution in [-0.2, 0) is 10.3 Å². The topological polar surface area (TPSA) is 38.3 Å². The molecule has 3 nitrogen and oxygen atoms in total. The molecule has 18 heavy (non-hydrogen) atoms. The summed E-state index contributed by atoms with van der Waals surface area (Å²) in [6.45, 7) is 2.73. The lowest BCUT2D eigenvalue weighted by Gasteiger charge is -2.25. The van der Waals surface area contributed by atoms with Gasteiger partial charge >= 0.3 is 5.97 Å². The first-order chi connectivity index (χ1) is 8.48. The van der Waals surface area contributed by atoms with E-state index < -0.39 is 23.1 Å². The number of esters is 1. The number of hydrogen-bond acceptors (Lipinski definition) is 3. The molecule has 0 amide bonds. The number of methoxy groups -OCH3 is 1. The van der Waals surface area contributed by atoms with Gasteiger partial charge in [0.05, 0.1) is 12.7 Å². The van der Waals surface area contributed by atoms with E-state index in [1.807, 2.05) is 6.92 Å². The maximum absolute atomic E-state index is 13.5.